The van der Waals surface area contributed by atoms with Gasteiger partial charge in [-0.25, -0.2) is 0 Å². The van der Waals surface area contributed by atoms with Crippen LogP contribution in [0.25, 0.3) is 0 Å². The average Bonchev–Trinajstić information content (AvgIpc) is 2.94. The first-order chi connectivity index (χ1) is 10.6. The van der Waals surface area contributed by atoms with E-state index < -0.39 is 0 Å². The maximum Gasteiger partial charge on any atom is 0.224 e. The Bertz CT molecular complexity index is 696. The summed E-state index contributed by atoms with van der Waals surface area (Å²) in [7, 11) is 0. The van der Waals surface area contributed by atoms with E-state index in [1.165, 1.54) is 36.0 Å². The Balaban J connectivity index is 1.63. The minimum atomic E-state index is 0.0468. The second-order valence-corrected chi connectivity index (χ2v) is 6.89. The number of benzene rings is 2. The summed E-state index contributed by atoms with van der Waals surface area (Å²) in [6, 6.07) is 14.6. The van der Waals surface area contributed by atoms with Crippen LogP contribution in [0, 0.1) is 0 Å². The summed E-state index contributed by atoms with van der Waals surface area (Å²) < 4.78 is 1.00. The molecule has 3 heteroatoms. The minimum absolute atomic E-state index is 0.0468. The molecular weight excluding hydrogens is 338 g/mol. The molecule has 0 radical (unpaired) electrons. The van der Waals surface area contributed by atoms with Crippen molar-refractivity contribution >= 4 is 21.8 Å². The van der Waals surface area contributed by atoms with Crippen LogP contribution in [-0.2, 0) is 24.1 Å². The number of rotatable bonds is 4. The number of hydrogen-bond donors (Lipinski definition) is 1. The number of amides is 1. The minimum Gasteiger partial charge on any atom is -0.349 e. The van der Waals surface area contributed by atoms with Crippen LogP contribution in [0.1, 0.15) is 41.6 Å². The smallest absolute Gasteiger partial charge is 0.224 e. The summed E-state index contributed by atoms with van der Waals surface area (Å²) in [4.78, 5) is 12.2. The summed E-state index contributed by atoms with van der Waals surface area (Å²) >= 11 is 3.44. The molecule has 1 atom stereocenters. The fourth-order valence-electron chi connectivity index (χ4n) is 3.07. The van der Waals surface area contributed by atoms with Crippen molar-refractivity contribution in [1.29, 1.82) is 0 Å². The number of fused-ring (bicyclic) bond motifs is 1. The summed E-state index contributed by atoms with van der Waals surface area (Å²) in [5, 5.41) is 3.10. The highest BCUT2D eigenvalue weighted by Crippen LogP contribution is 2.25. The van der Waals surface area contributed by atoms with Crippen molar-refractivity contribution in [2.24, 2.45) is 0 Å². The molecule has 0 aliphatic heterocycles. The third kappa shape index (κ3) is 3.58. The molecule has 1 aliphatic carbocycles. The van der Waals surface area contributed by atoms with E-state index >= 15 is 0 Å². The van der Waals surface area contributed by atoms with Gasteiger partial charge in [-0.05, 0) is 60.6 Å². The number of halogens is 1. The van der Waals surface area contributed by atoms with Crippen molar-refractivity contribution in [3.63, 3.8) is 0 Å². The molecule has 114 valence electrons. The molecule has 0 bridgehead atoms. The molecule has 22 heavy (non-hydrogen) atoms. The first-order valence-corrected chi connectivity index (χ1v) is 8.56. The standard InChI is InChI=1S/C19H20BrNO/c1-13(16-9-8-15-5-3-6-17(15)12-16)21-19(22)11-14-4-2-7-18(20)10-14/h2,4,7-10,12-13H,3,5-6,11H2,1H3,(H,21,22)/t13-/m1/s1. The molecule has 2 nitrogen and oxygen atoms in total. The molecule has 1 aliphatic rings. The van der Waals surface area contributed by atoms with Gasteiger partial charge in [0.05, 0.1) is 12.5 Å². The number of carbonyl (C=O) groups excluding carboxylic acids is 1. The Labute approximate surface area is 140 Å². The summed E-state index contributed by atoms with van der Waals surface area (Å²) in [5.74, 6) is 0.0612. The molecule has 0 spiro atoms. The molecule has 0 heterocycles. The highest BCUT2D eigenvalue weighted by molar-refractivity contribution is 9.10. The molecule has 0 unspecified atom stereocenters. The zero-order valence-electron chi connectivity index (χ0n) is 12.7. The predicted octanol–water partition coefficient (Wildman–Crippen LogP) is 4.36. The second kappa shape index (κ2) is 6.66. The topological polar surface area (TPSA) is 29.1 Å². The quantitative estimate of drug-likeness (QED) is 0.865. The normalized spacial score (nSPS) is 14.5. The predicted molar refractivity (Wildman–Crippen MR) is 92.9 cm³/mol. The SMILES string of the molecule is C[C@@H](NC(=O)Cc1cccc(Br)c1)c1ccc2c(c1)CCC2. The Hall–Kier alpha value is -1.61. The highest BCUT2D eigenvalue weighted by Gasteiger charge is 2.15. The van der Waals surface area contributed by atoms with Crippen LogP contribution in [0.2, 0.25) is 0 Å². The molecule has 1 N–H and O–H groups in total. The van der Waals surface area contributed by atoms with E-state index in [2.05, 4.69) is 46.4 Å². The van der Waals surface area contributed by atoms with E-state index in [0.29, 0.717) is 6.42 Å². The van der Waals surface area contributed by atoms with Crippen molar-refractivity contribution in [3.05, 3.63) is 69.2 Å². The number of carbonyl (C=O) groups is 1. The number of hydrogen-bond acceptors (Lipinski definition) is 1. The van der Waals surface area contributed by atoms with Gasteiger partial charge < -0.3 is 5.32 Å². The first kappa shape index (κ1) is 15.3. The molecule has 3 rings (SSSR count). The van der Waals surface area contributed by atoms with E-state index in [0.717, 1.165) is 10.0 Å². The van der Waals surface area contributed by atoms with Gasteiger partial charge in [-0.3, -0.25) is 4.79 Å². The molecule has 1 amide bonds. The van der Waals surface area contributed by atoms with Crippen LogP contribution < -0.4 is 5.32 Å². The van der Waals surface area contributed by atoms with Crippen molar-refractivity contribution in [1.82, 2.24) is 5.32 Å². The van der Waals surface area contributed by atoms with Crippen molar-refractivity contribution in [2.45, 2.75) is 38.6 Å². The van der Waals surface area contributed by atoms with Gasteiger partial charge in [0, 0.05) is 4.47 Å². The van der Waals surface area contributed by atoms with Crippen LogP contribution in [0.4, 0.5) is 0 Å². The molecule has 2 aromatic carbocycles. The van der Waals surface area contributed by atoms with Gasteiger partial charge in [0.2, 0.25) is 5.91 Å². The van der Waals surface area contributed by atoms with Gasteiger partial charge in [-0.15, -0.1) is 0 Å². The zero-order valence-corrected chi connectivity index (χ0v) is 14.3. The molecule has 0 fully saturated rings. The van der Waals surface area contributed by atoms with Crippen molar-refractivity contribution < 1.29 is 4.79 Å². The maximum absolute atomic E-state index is 12.2. The van der Waals surface area contributed by atoms with Crippen molar-refractivity contribution in [2.75, 3.05) is 0 Å². The number of aryl methyl sites for hydroxylation is 2. The van der Waals surface area contributed by atoms with Gasteiger partial charge in [-0.2, -0.15) is 0 Å². The lowest BCUT2D eigenvalue weighted by atomic mass is 10.0. The third-order valence-corrected chi connectivity index (χ3v) is 4.75. The second-order valence-electron chi connectivity index (χ2n) is 5.98. The Morgan fingerprint density at radius 2 is 2.00 bits per heavy atom. The maximum atomic E-state index is 12.2. The molecular formula is C19H20BrNO. The first-order valence-electron chi connectivity index (χ1n) is 7.77. The Morgan fingerprint density at radius 3 is 2.82 bits per heavy atom. The Morgan fingerprint density at radius 1 is 1.18 bits per heavy atom. The summed E-state index contributed by atoms with van der Waals surface area (Å²) in [6.45, 7) is 2.05. The van der Waals surface area contributed by atoms with E-state index in [9.17, 15) is 4.79 Å². The van der Waals surface area contributed by atoms with Gasteiger partial charge in [0.25, 0.3) is 0 Å². The van der Waals surface area contributed by atoms with Crippen LogP contribution in [0.3, 0.4) is 0 Å². The van der Waals surface area contributed by atoms with Gasteiger partial charge >= 0.3 is 0 Å². The van der Waals surface area contributed by atoms with E-state index in [1.807, 2.05) is 24.3 Å². The van der Waals surface area contributed by atoms with Crippen LogP contribution in [0.15, 0.2) is 46.9 Å². The van der Waals surface area contributed by atoms with Crippen molar-refractivity contribution in [3.8, 4) is 0 Å². The Kier molecular flexibility index (Phi) is 4.63. The van der Waals surface area contributed by atoms with Crippen LogP contribution >= 0.6 is 15.9 Å². The molecule has 2 aromatic rings. The fraction of sp³-hybridized carbons (Fsp3) is 0.316. The van der Waals surface area contributed by atoms with E-state index in [1.54, 1.807) is 0 Å². The lowest BCUT2D eigenvalue weighted by Gasteiger charge is -2.16. The lowest BCUT2D eigenvalue weighted by molar-refractivity contribution is -0.121. The molecule has 0 saturated heterocycles. The van der Waals surface area contributed by atoms with Gasteiger partial charge in [-0.1, -0.05) is 46.3 Å². The third-order valence-electron chi connectivity index (χ3n) is 4.25. The van der Waals surface area contributed by atoms with E-state index in [-0.39, 0.29) is 11.9 Å². The average molecular weight is 358 g/mol. The molecule has 0 aromatic heterocycles. The van der Waals surface area contributed by atoms with Crippen LogP contribution in [-0.4, -0.2) is 5.91 Å². The summed E-state index contributed by atoms with van der Waals surface area (Å²) in [6.07, 6.45) is 4.03. The molecule has 0 saturated carbocycles. The van der Waals surface area contributed by atoms with Gasteiger partial charge in [0.1, 0.15) is 0 Å². The highest BCUT2D eigenvalue weighted by atomic mass is 79.9. The van der Waals surface area contributed by atoms with Crippen LogP contribution in [0.5, 0.6) is 0 Å². The summed E-state index contributed by atoms with van der Waals surface area (Å²) in [5.41, 5.74) is 5.14. The lowest BCUT2D eigenvalue weighted by Crippen LogP contribution is -2.28. The van der Waals surface area contributed by atoms with Gasteiger partial charge in [0.15, 0.2) is 0 Å². The zero-order chi connectivity index (χ0) is 15.5. The largest absolute Gasteiger partial charge is 0.349 e. The van der Waals surface area contributed by atoms with E-state index in [4.69, 9.17) is 0 Å². The fourth-order valence-corrected chi connectivity index (χ4v) is 3.52. The monoisotopic (exact) mass is 357 g/mol. The number of nitrogens with one attached hydrogen (secondary N) is 1.